The van der Waals surface area contributed by atoms with E-state index in [-0.39, 0.29) is 5.91 Å². The molecular weight excluding hydrogens is 312 g/mol. The maximum absolute atomic E-state index is 12.5. The summed E-state index contributed by atoms with van der Waals surface area (Å²) in [5.41, 5.74) is 0. The van der Waals surface area contributed by atoms with Crippen LogP contribution in [0.25, 0.3) is 0 Å². The lowest BCUT2D eigenvalue weighted by atomic mass is 9.85. The number of carbonyl (C=O) groups is 1. The molecule has 6 nitrogen and oxygen atoms in total. The molecular formula is C16H28N4O2S. The summed E-state index contributed by atoms with van der Waals surface area (Å²) in [5.74, 6) is 1.20. The van der Waals surface area contributed by atoms with Gasteiger partial charge in [-0.1, -0.05) is 31.5 Å². The summed E-state index contributed by atoms with van der Waals surface area (Å²) in [5, 5.41) is 8.88. The first-order chi connectivity index (χ1) is 11.1. The van der Waals surface area contributed by atoms with Crippen LogP contribution < -0.4 is 0 Å². The van der Waals surface area contributed by atoms with Crippen molar-refractivity contribution >= 4 is 17.7 Å². The van der Waals surface area contributed by atoms with Gasteiger partial charge in [-0.25, -0.2) is 0 Å². The fourth-order valence-corrected chi connectivity index (χ4v) is 4.04. The van der Waals surface area contributed by atoms with Crippen molar-refractivity contribution in [2.24, 2.45) is 5.92 Å². The molecule has 130 valence electrons. The molecule has 7 heteroatoms. The number of nitrogens with zero attached hydrogens (tertiary/aromatic N) is 4. The van der Waals surface area contributed by atoms with Gasteiger partial charge in [0.25, 0.3) is 0 Å². The number of aryl methyl sites for hydroxylation is 1. The van der Waals surface area contributed by atoms with Crippen LogP contribution in [0.4, 0.5) is 0 Å². The number of hydrogen-bond donors (Lipinski definition) is 0. The van der Waals surface area contributed by atoms with E-state index in [0.717, 1.165) is 24.5 Å². The lowest BCUT2D eigenvalue weighted by Crippen LogP contribution is -2.43. The van der Waals surface area contributed by atoms with E-state index in [0.29, 0.717) is 24.3 Å². The second kappa shape index (κ2) is 9.27. The van der Waals surface area contributed by atoms with Crippen molar-refractivity contribution in [3.63, 3.8) is 0 Å². The number of thioether (sulfide) groups is 1. The Bertz CT molecular complexity index is 494. The zero-order chi connectivity index (χ0) is 16.7. The molecule has 2 unspecified atom stereocenters. The second-order valence-electron chi connectivity index (χ2n) is 6.28. The first-order valence-electron chi connectivity index (χ1n) is 8.38. The van der Waals surface area contributed by atoms with E-state index in [1.165, 1.54) is 31.0 Å². The van der Waals surface area contributed by atoms with Crippen molar-refractivity contribution < 1.29 is 9.53 Å². The number of amides is 1. The third-order valence-corrected chi connectivity index (χ3v) is 5.57. The van der Waals surface area contributed by atoms with Crippen LogP contribution in [-0.2, 0) is 16.1 Å². The van der Waals surface area contributed by atoms with Crippen LogP contribution in [0.1, 0.15) is 39.0 Å². The molecule has 0 saturated heterocycles. The Balaban J connectivity index is 1.83. The van der Waals surface area contributed by atoms with Crippen LogP contribution >= 0.6 is 11.8 Å². The van der Waals surface area contributed by atoms with E-state index < -0.39 is 0 Å². The van der Waals surface area contributed by atoms with Gasteiger partial charge >= 0.3 is 0 Å². The molecule has 1 fully saturated rings. The van der Waals surface area contributed by atoms with Gasteiger partial charge in [-0.15, -0.1) is 10.2 Å². The summed E-state index contributed by atoms with van der Waals surface area (Å²) in [6, 6.07) is 0.386. The Morgan fingerprint density at radius 1 is 1.48 bits per heavy atom. The summed E-state index contributed by atoms with van der Waals surface area (Å²) < 4.78 is 7.05. The predicted octanol–water partition coefficient (Wildman–Crippen LogP) is 2.44. The Hall–Kier alpha value is -1.08. The van der Waals surface area contributed by atoms with Crippen molar-refractivity contribution in [1.82, 2.24) is 19.7 Å². The van der Waals surface area contributed by atoms with Crippen LogP contribution in [-0.4, -0.2) is 58.1 Å². The molecule has 1 aliphatic carbocycles. The van der Waals surface area contributed by atoms with E-state index >= 15 is 0 Å². The minimum absolute atomic E-state index is 0.181. The minimum atomic E-state index is 0.181. The van der Waals surface area contributed by atoms with Crippen LogP contribution in [0, 0.1) is 5.92 Å². The molecule has 1 aliphatic rings. The van der Waals surface area contributed by atoms with E-state index in [4.69, 9.17) is 4.74 Å². The lowest BCUT2D eigenvalue weighted by molar-refractivity contribution is -0.130. The number of rotatable bonds is 8. The van der Waals surface area contributed by atoms with Crippen molar-refractivity contribution in [1.29, 1.82) is 0 Å². The molecule has 23 heavy (non-hydrogen) atoms. The molecule has 0 aliphatic heterocycles. The predicted molar refractivity (Wildman–Crippen MR) is 91.4 cm³/mol. The maximum atomic E-state index is 12.5. The number of methoxy groups -OCH3 is 1. The molecule has 0 N–H and O–H groups in total. The monoisotopic (exact) mass is 340 g/mol. The largest absolute Gasteiger partial charge is 0.385 e. The number of aromatic nitrogens is 3. The first-order valence-corrected chi connectivity index (χ1v) is 9.37. The minimum Gasteiger partial charge on any atom is -0.385 e. The van der Waals surface area contributed by atoms with Crippen molar-refractivity contribution in [2.75, 3.05) is 26.5 Å². The smallest absolute Gasteiger partial charge is 0.233 e. The highest BCUT2D eigenvalue weighted by Crippen LogP contribution is 2.28. The van der Waals surface area contributed by atoms with Gasteiger partial charge in [0.05, 0.1) is 5.75 Å². The summed E-state index contributed by atoms with van der Waals surface area (Å²) in [4.78, 5) is 14.4. The second-order valence-corrected chi connectivity index (χ2v) is 7.22. The van der Waals surface area contributed by atoms with Gasteiger partial charge in [0.1, 0.15) is 6.33 Å². The molecule has 1 aromatic rings. The number of ether oxygens (including phenoxy) is 1. The van der Waals surface area contributed by atoms with Gasteiger partial charge in [0.2, 0.25) is 5.91 Å². The van der Waals surface area contributed by atoms with Gasteiger partial charge < -0.3 is 14.2 Å². The quantitative estimate of drug-likeness (QED) is 0.537. The molecule has 1 amide bonds. The van der Waals surface area contributed by atoms with E-state index in [2.05, 4.69) is 17.1 Å². The molecule has 0 radical (unpaired) electrons. The first kappa shape index (κ1) is 18.3. The van der Waals surface area contributed by atoms with Gasteiger partial charge in [-0.2, -0.15) is 0 Å². The maximum Gasteiger partial charge on any atom is 0.233 e. The highest BCUT2D eigenvalue weighted by molar-refractivity contribution is 7.99. The summed E-state index contributed by atoms with van der Waals surface area (Å²) in [6.45, 7) is 3.78. The average molecular weight is 340 g/mol. The number of carbonyl (C=O) groups excluding carboxylic acids is 1. The molecule has 2 rings (SSSR count). The molecule has 0 spiro atoms. The third kappa shape index (κ3) is 5.21. The summed E-state index contributed by atoms with van der Waals surface area (Å²) in [6.07, 6.45) is 7.50. The Morgan fingerprint density at radius 2 is 2.26 bits per heavy atom. The van der Waals surface area contributed by atoms with E-state index in [9.17, 15) is 4.79 Å². The van der Waals surface area contributed by atoms with Gasteiger partial charge in [-0.05, 0) is 25.2 Å². The standard InChI is InChI=1S/C16H28N4O2S/c1-13-7-4-5-8-14(13)19(2)15(21)11-23-16-18-17-12-20(16)9-6-10-22-3/h12-14H,4-11H2,1-3H3. The normalized spacial score (nSPS) is 21.3. The van der Waals surface area contributed by atoms with Crippen LogP contribution in [0.5, 0.6) is 0 Å². The SMILES string of the molecule is COCCCn1cnnc1SCC(=O)N(C)C1CCCCC1C. The van der Waals surface area contributed by atoms with E-state index in [1.807, 2.05) is 16.5 Å². The summed E-state index contributed by atoms with van der Waals surface area (Å²) in [7, 11) is 3.64. The van der Waals surface area contributed by atoms with Gasteiger partial charge in [0.15, 0.2) is 5.16 Å². The molecule has 2 atom stereocenters. The Kier molecular flexibility index (Phi) is 7.36. The molecule has 1 saturated carbocycles. The Morgan fingerprint density at radius 3 is 3.00 bits per heavy atom. The van der Waals surface area contributed by atoms with E-state index in [1.54, 1.807) is 13.4 Å². The van der Waals surface area contributed by atoms with Crippen LogP contribution in [0.15, 0.2) is 11.5 Å². The fraction of sp³-hybridized carbons (Fsp3) is 0.812. The van der Waals surface area contributed by atoms with Gasteiger partial charge in [-0.3, -0.25) is 4.79 Å². The Labute approximate surface area is 143 Å². The lowest BCUT2D eigenvalue weighted by Gasteiger charge is -2.36. The topological polar surface area (TPSA) is 60.2 Å². The van der Waals surface area contributed by atoms with Crippen molar-refractivity contribution in [3.05, 3.63) is 6.33 Å². The molecule has 0 aromatic carbocycles. The van der Waals surface area contributed by atoms with Gasteiger partial charge in [0, 0.05) is 33.4 Å². The molecule has 1 aromatic heterocycles. The third-order valence-electron chi connectivity index (χ3n) is 4.61. The molecule has 0 bridgehead atoms. The zero-order valence-corrected chi connectivity index (χ0v) is 15.2. The van der Waals surface area contributed by atoms with Crippen molar-refractivity contribution in [2.45, 2.75) is 56.8 Å². The average Bonchev–Trinajstić information content (AvgIpc) is 3.00. The van der Waals surface area contributed by atoms with Crippen LogP contribution in [0.3, 0.4) is 0 Å². The number of hydrogen-bond acceptors (Lipinski definition) is 5. The highest BCUT2D eigenvalue weighted by atomic mass is 32.2. The molecule has 1 heterocycles. The van der Waals surface area contributed by atoms with Crippen molar-refractivity contribution in [3.8, 4) is 0 Å². The summed E-state index contributed by atoms with van der Waals surface area (Å²) >= 11 is 1.47. The zero-order valence-electron chi connectivity index (χ0n) is 14.4. The fourth-order valence-electron chi connectivity index (χ4n) is 3.17. The highest BCUT2D eigenvalue weighted by Gasteiger charge is 2.27. The van der Waals surface area contributed by atoms with Crippen LogP contribution in [0.2, 0.25) is 0 Å².